The molecule has 3 amide bonds. The topological polar surface area (TPSA) is 94.3 Å². The fraction of sp³-hybridized carbons (Fsp3) is 0.348. The maximum atomic E-state index is 13.4. The molecule has 0 radical (unpaired) electrons. The fourth-order valence-electron chi connectivity index (χ4n) is 4.11. The Balaban J connectivity index is 1.51. The summed E-state index contributed by atoms with van der Waals surface area (Å²) in [4.78, 5) is 43.1. The van der Waals surface area contributed by atoms with Gasteiger partial charge in [0, 0.05) is 49.6 Å². The third-order valence-corrected chi connectivity index (χ3v) is 6.53. The number of aromatic nitrogens is 1. The van der Waals surface area contributed by atoms with Crippen LogP contribution in [0.4, 0.5) is 0 Å². The molecule has 31 heavy (non-hydrogen) atoms. The second kappa shape index (κ2) is 9.34. The number of para-hydroxylation sites is 1. The molecule has 0 spiro atoms. The van der Waals surface area contributed by atoms with Gasteiger partial charge in [-0.1, -0.05) is 24.3 Å². The SMILES string of the molecule is CC(=O)NC1CCN(C(=O)C(Cc2c[nH]c3ccccc23)NC(=O)c2cccs2)CC1. The van der Waals surface area contributed by atoms with E-state index in [1.54, 1.807) is 11.0 Å². The molecule has 1 fully saturated rings. The van der Waals surface area contributed by atoms with E-state index in [0.29, 0.717) is 37.2 Å². The summed E-state index contributed by atoms with van der Waals surface area (Å²) in [5.74, 6) is -0.372. The predicted octanol–water partition coefficient (Wildman–Crippen LogP) is 2.70. The average Bonchev–Trinajstić information content (AvgIpc) is 3.43. The van der Waals surface area contributed by atoms with Crippen molar-refractivity contribution in [2.45, 2.75) is 38.3 Å². The Hall–Kier alpha value is -3.13. The predicted molar refractivity (Wildman–Crippen MR) is 121 cm³/mol. The lowest BCUT2D eigenvalue weighted by atomic mass is 10.0. The Morgan fingerprint density at radius 1 is 1.16 bits per heavy atom. The Morgan fingerprint density at radius 2 is 1.94 bits per heavy atom. The number of carbonyl (C=O) groups is 3. The van der Waals surface area contributed by atoms with Crippen molar-refractivity contribution < 1.29 is 14.4 Å². The van der Waals surface area contributed by atoms with Gasteiger partial charge in [0.2, 0.25) is 11.8 Å². The Labute approximate surface area is 184 Å². The van der Waals surface area contributed by atoms with Crippen LogP contribution in [0.15, 0.2) is 48.0 Å². The number of piperidine rings is 1. The van der Waals surface area contributed by atoms with Gasteiger partial charge in [0.15, 0.2) is 0 Å². The number of hydrogen-bond donors (Lipinski definition) is 3. The van der Waals surface area contributed by atoms with E-state index in [9.17, 15) is 14.4 Å². The van der Waals surface area contributed by atoms with Crippen molar-refractivity contribution in [1.82, 2.24) is 20.5 Å². The maximum absolute atomic E-state index is 13.4. The number of carbonyl (C=O) groups excluding carboxylic acids is 3. The van der Waals surface area contributed by atoms with Crippen LogP contribution in [0.25, 0.3) is 10.9 Å². The number of likely N-dealkylation sites (tertiary alicyclic amines) is 1. The number of nitrogens with one attached hydrogen (secondary N) is 3. The van der Waals surface area contributed by atoms with Gasteiger partial charge in [-0.15, -0.1) is 11.3 Å². The van der Waals surface area contributed by atoms with Gasteiger partial charge in [0.1, 0.15) is 6.04 Å². The molecule has 3 N–H and O–H groups in total. The third kappa shape index (κ3) is 4.96. The van der Waals surface area contributed by atoms with Gasteiger partial charge in [0.05, 0.1) is 4.88 Å². The van der Waals surface area contributed by atoms with E-state index in [2.05, 4.69) is 15.6 Å². The molecule has 1 aliphatic rings. The Kier molecular flexibility index (Phi) is 6.36. The molecule has 0 bridgehead atoms. The van der Waals surface area contributed by atoms with Gasteiger partial charge < -0.3 is 20.5 Å². The molecule has 0 aliphatic carbocycles. The van der Waals surface area contributed by atoms with Crippen LogP contribution >= 0.6 is 11.3 Å². The molecular formula is C23H26N4O3S. The van der Waals surface area contributed by atoms with Crippen LogP contribution < -0.4 is 10.6 Å². The number of amides is 3. The molecular weight excluding hydrogens is 412 g/mol. The molecule has 4 rings (SSSR count). The normalized spacial score (nSPS) is 15.6. The minimum absolute atomic E-state index is 0.0507. The summed E-state index contributed by atoms with van der Waals surface area (Å²) < 4.78 is 0. The van der Waals surface area contributed by atoms with Crippen molar-refractivity contribution in [2.24, 2.45) is 0 Å². The molecule has 162 valence electrons. The quantitative estimate of drug-likeness (QED) is 0.552. The van der Waals surface area contributed by atoms with Crippen molar-refractivity contribution in [3.63, 3.8) is 0 Å². The summed E-state index contributed by atoms with van der Waals surface area (Å²) in [6.45, 7) is 2.63. The Morgan fingerprint density at radius 3 is 2.65 bits per heavy atom. The highest BCUT2D eigenvalue weighted by Gasteiger charge is 2.30. The summed E-state index contributed by atoms with van der Waals surface area (Å²) in [5.41, 5.74) is 2.00. The molecule has 1 unspecified atom stereocenters. The van der Waals surface area contributed by atoms with Crippen LogP contribution in [0.1, 0.15) is 35.0 Å². The minimum atomic E-state index is -0.661. The summed E-state index contributed by atoms with van der Waals surface area (Å²) >= 11 is 1.35. The minimum Gasteiger partial charge on any atom is -0.361 e. The van der Waals surface area contributed by atoms with E-state index in [1.807, 2.05) is 41.9 Å². The van der Waals surface area contributed by atoms with Gasteiger partial charge in [0.25, 0.3) is 5.91 Å². The first kappa shape index (κ1) is 21.1. The molecule has 1 saturated heterocycles. The lowest BCUT2D eigenvalue weighted by Crippen LogP contribution is -2.53. The van der Waals surface area contributed by atoms with E-state index in [0.717, 1.165) is 16.5 Å². The van der Waals surface area contributed by atoms with E-state index < -0.39 is 6.04 Å². The van der Waals surface area contributed by atoms with Crippen LogP contribution in [0.3, 0.4) is 0 Å². The average molecular weight is 439 g/mol. The highest BCUT2D eigenvalue weighted by molar-refractivity contribution is 7.12. The first-order valence-electron chi connectivity index (χ1n) is 10.5. The lowest BCUT2D eigenvalue weighted by Gasteiger charge is -2.34. The molecule has 7 nitrogen and oxygen atoms in total. The largest absolute Gasteiger partial charge is 0.361 e. The highest BCUT2D eigenvalue weighted by atomic mass is 32.1. The zero-order valence-corrected chi connectivity index (χ0v) is 18.2. The number of aromatic amines is 1. The van der Waals surface area contributed by atoms with Crippen molar-refractivity contribution in [3.05, 3.63) is 58.4 Å². The molecule has 1 atom stereocenters. The summed E-state index contributed by atoms with van der Waals surface area (Å²) in [6, 6.07) is 10.9. The smallest absolute Gasteiger partial charge is 0.262 e. The zero-order valence-electron chi connectivity index (χ0n) is 17.4. The van der Waals surface area contributed by atoms with Crippen LogP contribution in [-0.4, -0.2) is 52.8 Å². The first-order valence-corrected chi connectivity index (χ1v) is 11.3. The van der Waals surface area contributed by atoms with E-state index >= 15 is 0 Å². The number of hydrogen-bond acceptors (Lipinski definition) is 4. The van der Waals surface area contributed by atoms with Gasteiger partial charge in [-0.05, 0) is 35.9 Å². The fourth-order valence-corrected chi connectivity index (χ4v) is 4.74. The first-order chi connectivity index (χ1) is 15.0. The van der Waals surface area contributed by atoms with E-state index in [-0.39, 0.29) is 23.8 Å². The molecule has 2 aromatic heterocycles. The van der Waals surface area contributed by atoms with Gasteiger partial charge in [-0.25, -0.2) is 0 Å². The molecule has 3 aromatic rings. The van der Waals surface area contributed by atoms with E-state index in [4.69, 9.17) is 0 Å². The molecule has 3 heterocycles. The summed E-state index contributed by atoms with van der Waals surface area (Å²) in [7, 11) is 0. The van der Waals surface area contributed by atoms with Crippen molar-refractivity contribution in [3.8, 4) is 0 Å². The number of nitrogens with zero attached hydrogens (tertiary/aromatic N) is 1. The number of benzene rings is 1. The lowest BCUT2D eigenvalue weighted by molar-refractivity contribution is -0.134. The van der Waals surface area contributed by atoms with Crippen molar-refractivity contribution >= 4 is 40.0 Å². The van der Waals surface area contributed by atoms with Crippen molar-refractivity contribution in [1.29, 1.82) is 0 Å². The highest BCUT2D eigenvalue weighted by Crippen LogP contribution is 2.21. The molecule has 1 aromatic carbocycles. The third-order valence-electron chi connectivity index (χ3n) is 5.66. The Bertz CT molecular complexity index is 1070. The molecule has 1 aliphatic heterocycles. The second-order valence-corrected chi connectivity index (χ2v) is 8.81. The number of H-pyrrole nitrogens is 1. The molecule has 0 saturated carbocycles. The van der Waals surface area contributed by atoms with Crippen LogP contribution in [0.2, 0.25) is 0 Å². The van der Waals surface area contributed by atoms with Gasteiger partial charge in [-0.2, -0.15) is 0 Å². The molecule has 8 heteroatoms. The van der Waals surface area contributed by atoms with Crippen LogP contribution in [-0.2, 0) is 16.0 Å². The second-order valence-electron chi connectivity index (χ2n) is 7.87. The zero-order chi connectivity index (χ0) is 21.8. The van der Waals surface area contributed by atoms with Crippen LogP contribution in [0.5, 0.6) is 0 Å². The summed E-state index contributed by atoms with van der Waals surface area (Å²) in [5, 5.41) is 8.78. The maximum Gasteiger partial charge on any atom is 0.262 e. The van der Waals surface area contributed by atoms with Crippen LogP contribution in [0, 0.1) is 0 Å². The van der Waals surface area contributed by atoms with Crippen molar-refractivity contribution in [2.75, 3.05) is 13.1 Å². The summed E-state index contributed by atoms with van der Waals surface area (Å²) in [6.07, 6.45) is 3.74. The number of rotatable bonds is 6. The standard InChI is InChI=1S/C23H26N4O3S/c1-15(28)25-17-8-10-27(11-9-17)23(30)20(26-22(29)21-7-4-12-31-21)13-16-14-24-19-6-3-2-5-18(16)19/h2-7,12,14,17,20,24H,8-11,13H2,1H3,(H,25,28)(H,26,29). The number of fused-ring (bicyclic) bond motifs is 1. The monoisotopic (exact) mass is 438 g/mol. The van der Waals surface area contributed by atoms with Gasteiger partial charge in [-0.3, -0.25) is 14.4 Å². The van der Waals surface area contributed by atoms with Gasteiger partial charge >= 0.3 is 0 Å². The number of thiophene rings is 1. The van der Waals surface area contributed by atoms with E-state index in [1.165, 1.54) is 18.3 Å².